The van der Waals surface area contributed by atoms with Crippen LogP contribution in [-0.4, -0.2) is 30.3 Å². The molecule has 0 aromatic heterocycles. The highest BCUT2D eigenvalue weighted by molar-refractivity contribution is 5.95. The van der Waals surface area contributed by atoms with Gasteiger partial charge in [0.05, 0.1) is 18.9 Å². The van der Waals surface area contributed by atoms with E-state index in [9.17, 15) is 14.7 Å². The van der Waals surface area contributed by atoms with Crippen LogP contribution in [0.5, 0.6) is 17.2 Å². The highest BCUT2D eigenvalue weighted by Gasteiger charge is 2.09. The lowest BCUT2D eigenvalue weighted by Crippen LogP contribution is -2.17. The molecule has 0 saturated heterocycles. The molecule has 0 saturated carbocycles. The molecule has 3 aromatic carbocycles. The van der Waals surface area contributed by atoms with Crippen molar-refractivity contribution in [3.63, 3.8) is 0 Å². The normalized spacial score (nSPS) is 10.5. The molecule has 146 valence electrons. The van der Waals surface area contributed by atoms with E-state index in [1.165, 1.54) is 30.5 Å². The van der Waals surface area contributed by atoms with Gasteiger partial charge in [0.25, 0.3) is 5.91 Å². The second kappa shape index (κ2) is 9.18. The van der Waals surface area contributed by atoms with Crippen molar-refractivity contribution in [1.29, 1.82) is 0 Å². The van der Waals surface area contributed by atoms with Crippen LogP contribution in [0.4, 0.5) is 0 Å². The lowest BCUT2D eigenvalue weighted by Gasteiger charge is -2.06. The van der Waals surface area contributed by atoms with Crippen LogP contribution in [0.2, 0.25) is 0 Å². The molecule has 0 heterocycles. The SMILES string of the molecule is COc1ccc(C(=O)Oc2cccc(/C=N\NC(=O)c3ccc(O)cc3)c2)cc1. The van der Waals surface area contributed by atoms with E-state index in [0.29, 0.717) is 28.2 Å². The number of carbonyl (C=O) groups is 2. The molecule has 0 aliphatic heterocycles. The lowest BCUT2D eigenvalue weighted by atomic mass is 10.2. The van der Waals surface area contributed by atoms with Crippen LogP contribution in [0, 0.1) is 0 Å². The van der Waals surface area contributed by atoms with E-state index < -0.39 is 11.9 Å². The first-order valence-corrected chi connectivity index (χ1v) is 8.64. The number of methoxy groups -OCH3 is 1. The smallest absolute Gasteiger partial charge is 0.343 e. The van der Waals surface area contributed by atoms with Gasteiger partial charge in [0.15, 0.2) is 0 Å². The van der Waals surface area contributed by atoms with Crippen molar-refractivity contribution < 1.29 is 24.2 Å². The summed E-state index contributed by atoms with van der Waals surface area (Å²) in [6, 6.07) is 19.1. The van der Waals surface area contributed by atoms with Crippen molar-refractivity contribution in [2.45, 2.75) is 0 Å². The molecule has 2 N–H and O–H groups in total. The van der Waals surface area contributed by atoms with Crippen molar-refractivity contribution in [2.24, 2.45) is 5.10 Å². The number of nitrogens with zero attached hydrogens (tertiary/aromatic N) is 1. The van der Waals surface area contributed by atoms with Crippen molar-refractivity contribution in [3.05, 3.63) is 89.5 Å². The minimum absolute atomic E-state index is 0.0750. The number of nitrogens with one attached hydrogen (secondary N) is 1. The Labute approximate surface area is 167 Å². The number of hydrogen-bond donors (Lipinski definition) is 2. The molecule has 3 aromatic rings. The predicted octanol–water partition coefficient (Wildman–Crippen LogP) is 3.38. The van der Waals surface area contributed by atoms with Crippen LogP contribution < -0.4 is 14.9 Å². The summed E-state index contributed by atoms with van der Waals surface area (Å²) in [5.41, 5.74) is 3.79. The second-order valence-corrected chi connectivity index (χ2v) is 5.94. The molecular weight excluding hydrogens is 372 g/mol. The zero-order valence-electron chi connectivity index (χ0n) is 15.5. The second-order valence-electron chi connectivity index (χ2n) is 5.94. The molecule has 0 unspecified atom stereocenters. The van der Waals surface area contributed by atoms with Gasteiger partial charge in [-0.15, -0.1) is 0 Å². The Morgan fingerprint density at radius 1 is 0.931 bits per heavy atom. The number of rotatable bonds is 6. The number of phenols is 1. The van der Waals surface area contributed by atoms with Gasteiger partial charge in [-0.3, -0.25) is 4.79 Å². The maximum atomic E-state index is 12.2. The third-order valence-corrected chi connectivity index (χ3v) is 3.90. The average Bonchev–Trinajstić information content (AvgIpc) is 2.74. The fourth-order valence-corrected chi connectivity index (χ4v) is 2.39. The van der Waals surface area contributed by atoms with E-state index in [2.05, 4.69) is 10.5 Å². The molecule has 7 nitrogen and oxygen atoms in total. The molecule has 3 rings (SSSR count). The number of esters is 1. The number of amides is 1. The number of hydrazone groups is 1. The number of hydrogen-bond acceptors (Lipinski definition) is 6. The van der Waals surface area contributed by atoms with Gasteiger partial charge >= 0.3 is 5.97 Å². The maximum Gasteiger partial charge on any atom is 0.343 e. The predicted molar refractivity (Wildman–Crippen MR) is 108 cm³/mol. The van der Waals surface area contributed by atoms with E-state index in [-0.39, 0.29) is 5.75 Å². The van der Waals surface area contributed by atoms with Gasteiger partial charge in [-0.25, -0.2) is 10.2 Å². The summed E-state index contributed by atoms with van der Waals surface area (Å²) in [6.07, 6.45) is 1.43. The molecule has 0 aliphatic carbocycles. The van der Waals surface area contributed by atoms with Crippen LogP contribution >= 0.6 is 0 Å². The largest absolute Gasteiger partial charge is 0.508 e. The van der Waals surface area contributed by atoms with Crippen LogP contribution in [0.15, 0.2) is 77.9 Å². The standard InChI is InChI=1S/C22H18N2O5/c1-28-19-11-7-17(8-12-19)22(27)29-20-4-2-3-15(13-20)14-23-24-21(26)16-5-9-18(25)10-6-16/h2-14,25H,1H3,(H,24,26)/b23-14-. The zero-order chi connectivity index (χ0) is 20.6. The first-order valence-electron chi connectivity index (χ1n) is 8.64. The number of benzene rings is 3. The number of phenolic OH excluding ortho intramolecular Hbond substituents is 1. The van der Waals surface area contributed by atoms with Crippen LogP contribution in [-0.2, 0) is 0 Å². The first kappa shape index (κ1) is 19.6. The minimum atomic E-state index is -0.498. The van der Waals surface area contributed by atoms with Gasteiger partial charge in [-0.1, -0.05) is 12.1 Å². The molecule has 0 radical (unpaired) electrons. The van der Waals surface area contributed by atoms with Gasteiger partial charge in [0.1, 0.15) is 17.2 Å². The summed E-state index contributed by atoms with van der Waals surface area (Å²) >= 11 is 0. The molecule has 29 heavy (non-hydrogen) atoms. The molecule has 0 bridgehead atoms. The molecule has 0 atom stereocenters. The Balaban J connectivity index is 1.61. The van der Waals surface area contributed by atoms with Crippen LogP contribution in [0.1, 0.15) is 26.3 Å². The third kappa shape index (κ3) is 5.43. The van der Waals surface area contributed by atoms with Crippen molar-refractivity contribution in [2.75, 3.05) is 7.11 Å². The van der Waals surface area contributed by atoms with E-state index in [1.54, 1.807) is 55.6 Å². The summed E-state index contributed by atoms with van der Waals surface area (Å²) < 4.78 is 10.4. The lowest BCUT2D eigenvalue weighted by molar-refractivity contribution is 0.0734. The molecule has 0 spiro atoms. The Kier molecular flexibility index (Phi) is 6.22. The zero-order valence-corrected chi connectivity index (χ0v) is 15.5. The molecule has 1 amide bonds. The van der Waals surface area contributed by atoms with Gasteiger partial charge in [-0.05, 0) is 66.2 Å². The number of carbonyl (C=O) groups excluding carboxylic acids is 2. The molecule has 0 fully saturated rings. The van der Waals surface area contributed by atoms with Gasteiger partial charge < -0.3 is 14.6 Å². The fraction of sp³-hybridized carbons (Fsp3) is 0.0455. The minimum Gasteiger partial charge on any atom is -0.508 e. The van der Waals surface area contributed by atoms with E-state index in [0.717, 1.165) is 0 Å². The molecular formula is C22H18N2O5. The quantitative estimate of drug-likeness (QED) is 0.291. The van der Waals surface area contributed by atoms with Crippen LogP contribution in [0.3, 0.4) is 0 Å². The van der Waals surface area contributed by atoms with Crippen molar-refractivity contribution in [1.82, 2.24) is 5.43 Å². The fourth-order valence-electron chi connectivity index (χ4n) is 2.39. The summed E-state index contributed by atoms with van der Waals surface area (Å²) in [4.78, 5) is 24.2. The monoisotopic (exact) mass is 390 g/mol. The highest BCUT2D eigenvalue weighted by atomic mass is 16.5. The topological polar surface area (TPSA) is 97.2 Å². The van der Waals surface area contributed by atoms with E-state index in [4.69, 9.17) is 9.47 Å². The average molecular weight is 390 g/mol. The number of ether oxygens (including phenoxy) is 2. The van der Waals surface area contributed by atoms with Gasteiger partial charge in [-0.2, -0.15) is 5.10 Å². The third-order valence-electron chi connectivity index (χ3n) is 3.90. The van der Waals surface area contributed by atoms with E-state index >= 15 is 0 Å². The van der Waals surface area contributed by atoms with E-state index in [1.807, 2.05) is 0 Å². The maximum absolute atomic E-state index is 12.2. The molecule has 0 aliphatic rings. The Bertz CT molecular complexity index is 1030. The first-order chi connectivity index (χ1) is 14.0. The summed E-state index contributed by atoms with van der Waals surface area (Å²) in [7, 11) is 1.55. The summed E-state index contributed by atoms with van der Waals surface area (Å²) in [5.74, 6) is 0.158. The summed E-state index contributed by atoms with van der Waals surface area (Å²) in [6.45, 7) is 0. The molecule has 7 heteroatoms. The van der Waals surface area contributed by atoms with Crippen molar-refractivity contribution >= 4 is 18.1 Å². The van der Waals surface area contributed by atoms with Gasteiger partial charge in [0, 0.05) is 5.56 Å². The van der Waals surface area contributed by atoms with Crippen LogP contribution in [0.25, 0.3) is 0 Å². The Morgan fingerprint density at radius 2 is 1.62 bits per heavy atom. The Morgan fingerprint density at radius 3 is 2.31 bits per heavy atom. The Hall–Kier alpha value is -4.13. The highest BCUT2D eigenvalue weighted by Crippen LogP contribution is 2.16. The van der Waals surface area contributed by atoms with Gasteiger partial charge in [0.2, 0.25) is 0 Å². The summed E-state index contributed by atoms with van der Waals surface area (Å²) in [5, 5.41) is 13.1. The number of aromatic hydroxyl groups is 1. The van der Waals surface area contributed by atoms with Crippen molar-refractivity contribution in [3.8, 4) is 17.2 Å².